The predicted molar refractivity (Wildman–Crippen MR) is 49.2 cm³/mol. The zero-order valence-corrected chi connectivity index (χ0v) is 6.60. The van der Waals surface area contributed by atoms with E-state index in [2.05, 4.69) is 30.8 Å². The first-order valence-corrected chi connectivity index (χ1v) is 3.55. The Morgan fingerprint density at radius 1 is 1.31 bits per heavy atom. The fraction of sp³-hybridized carbons (Fsp3) is 0.200. The zero-order valence-electron chi connectivity index (χ0n) is 6.60. The largest absolute Gasteiger partial charge is 0.310 e. The van der Waals surface area contributed by atoms with E-state index < -0.39 is 0 Å². The summed E-state index contributed by atoms with van der Waals surface area (Å²) in [6.45, 7) is 0. The van der Waals surface area contributed by atoms with Crippen LogP contribution in [0.4, 0.5) is 0 Å². The number of nitrogens with two attached hydrogens (primary N) is 2. The number of amidine groups is 2. The van der Waals surface area contributed by atoms with Crippen LogP contribution in [0.15, 0.2) is 20.0 Å². The minimum Gasteiger partial charge on any atom is -0.310 e. The third kappa shape index (κ3) is 1.17. The summed E-state index contributed by atoms with van der Waals surface area (Å²) in [6.07, 6.45) is 1.36. The van der Waals surface area contributed by atoms with Gasteiger partial charge in [-0.2, -0.15) is 4.99 Å². The molecule has 0 aliphatic carbocycles. The zero-order chi connectivity index (χ0) is 9.26. The number of hydrazine groups is 2. The molecule has 0 spiro atoms. The third-order valence-electron chi connectivity index (χ3n) is 1.64. The third-order valence-corrected chi connectivity index (χ3v) is 1.64. The Kier molecular flexibility index (Phi) is 1.76. The van der Waals surface area contributed by atoms with Gasteiger partial charge in [-0.3, -0.25) is 5.43 Å². The molecule has 0 saturated heterocycles. The van der Waals surface area contributed by atoms with Crippen molar-refractivity contribution in [2.24, 2.45) is 31.7 Å². The highest BCUT2D eigenvalue weighted by molar-refractivity contribution is 6.21. The van der Waals surface area contributed by atoms with Crippen LogP contribution in [0.3, 0.4) is 0 Å². The van der Waals surface area contributed by atoms with Crippen molar-refractivity contribution in [1.82, 2.24) is 10.9 Å². The molecule has 13 heavy (non-hydrogen) atoms. The van der Waals surface area contributed by atoms with Crippen LogP contribution in [0.2, 0.25) is 0 Å². The van der Waals surface area contributed by atoms with Crippen LogP contribution < -0.4 is 22.5 Å². The Balaban J connectivity index is 2.32. The van der Waals surface area contributed by atoms with E-state index in [0.29, 0.717) is 17.6 Å². The molecule has 0 fully saturated rings. The smallest absolute Gasteiger partial charge is 0.235 e. The summed E-state index contributed by atoms with van der Waals surface area (Å²) < 4.78 is 0. The van der Waals surface area contributed by atoms with Gasteiger partial charge in [0.15, 0.2) is 17.7 Å². The van der Waals surface area contributed by atoms with Gasteiger partial charge in [-0.05, 0) is 0 Å². The maximum Gasteiger partial charge on any atom is 0.235 e. The number of rotatable bonds is 0. The second kappa shape index (κ2) is 2.92. The number of guanidine groups is 1. The van der Waals surface area contributed by atoms with Gasteiger partial charge >= 0.3 is 0 Å². The molecule has 0 bridgehead atoms. The van der Waals surface area contributed by atoms with Crippen molar-refractivity contribution in [2.45, 2.75) is 6.04 Å². The maximum absolute atomic E-state index is 5.23. The minimum atomic E-state index is -0.360. The van der Waals surface area contributed by atoms with E-state index in [-0.39, 0.29) is 6.04 Å². The molecule has 1 unspecified atom stereocenters. The lowest BCUT2D eigenvalue weighted by Crippen LogP contribution is -2.42. The molecule has 0 saturated carbocycles. The molecule has 6 N–H and O–H groups in total. The van der Waals surface area contributed by atoms with Crippen molar-refractivity contribution in [2.75, 3.05) is 0 Å². The average Bonchev–Trinajstić information content (AvgIpc) is 2.59. The summed E-state index contributed by atoms with van der Waals surface area (Å²) in [5.41, 5.74) is 4.75. The Morgan fingerprint density at radius 2 is 2.15 bits per heavy atom. The quantitative estimate of drug-likeness (QED) is 0.242. The SMILES string of the molecule is NNC1=NC2C(=N1)N=CN=C2NN. The van der Waals surface area contributed by atoms with Crippen LogP contribution in [0, 0.1) is 0 Å². The minimum absolute atomic E-state index is 0.321. The van der Waals surface area contributed by atoms with Crippen LogP contribution in [-0.4, -0.2) is 30.0 Å². The molecule has 0 aromatic heterocycles. The van der Waals surface area contributed by atoms with Crippen molar-refractivity contribution in [3.8, 4) is 0 Å². The van der Waals surface area contributed by atoms with E-state index >= 15 is 0 Å². The van der Waals surface area contributed by atoms with Crippen molar-refractivity contribution in [3.05, 3.63) is 0 Å². The molecule has 8 nitrogen and oxygen atoms in total. The molecular formula is C5H8N8. The van der Waals surface area contributed by atoms with Gasteiger partial charge in [0.05, 0.1) is 0 Å². The maximum atomic E-state index is 5.23. The molecule has 0 amide bonds. The highest BCUT2D eigenvalue weighted by atomic mass is 15.4. The van der Waals surface area contributed by atoms with Gasteiger partial charge in [0, 0.05) is 0 Å². The summed E-state index contributed by atoms with van der Waals surface area (Å²) >= 11 is 0. The summed E-state index contributed by atoms with van der Waals surface area (Å²) in [5.74, 6) is 11.7. The predicted octanol–water partition coefficient (Wildman–Crippen LogP) is -2.51. The van der Waals surface area contributed by atoms with Gasteiger partial charge in [0.2, 0.25) is 5.96 Å². The fourth-order valence-corrected chi connectivity index (χ4v) is 1.07. The number of hydrogen-bond acceptors (Lipinski definition) is 8. The van der Waals surface area contributed by atoms with Gasteiger partial charge in [0.1, 0.15) is 6.34 Å². The summed E-state index contributed by atoms with van der Waals surface area (Å²) in [6, 6.07) is -0.360. The van der Waals surface area contributed by atoms with Gasteiger partial charge in [-0.15, -0.1) is 0 Å². The molecule has 0 aromatic rings. The normalized spacial score (nSPS) is 24.5. The monoisotopic (exact) mass is 180 g/mol. The lowest BCUT2D eigenvalue weighted by atomic mass is 10.2. The van der Waals surface area contributed by atoms with Gasteiger partial charge in [-0.25, -0.2) is 26.7 Å². The highest BCUT2D eigenvalue weighted by Crippen LogP contribution is 2.09. The van der Waals surface area contributed by atoms with Crippen molar-refractivity contribution in [3.63, 3.8) is 0 Å². The molecule has 8 heteroatoms. The average molecular weight is 180 g/mol. The number of nitrogens with zero attached hydrogens (tertiary/aromatic N) is 4. The van der Waals surface area contributed by atoms with Crippen LogP contribution >= 0.6 is 0 Å². The van der Waals surface area contributed by atoms with Crippen molar-refractivity contribution >= 4 is 24.0 Å². The highest BCUT2D eigenvalue weighted by Gasteiger charge is 2.28. The molecular weight excluding hydrogens is 172 g/mol. The molecule has 68 valence electrons. The molecule has 2 rings (SSSR count). The van der Waals surface area contributed by atoms with E-state index in [0.717, 1.165) is 0 Å². The molecule has 2 aliphatic heterocycles. The number of nitrogens with one attached hydrogen (secondary N) is 2. The molecule has 2 heterocycles. The standard InChI is InChI=1S/C5H8N8/c6-12-4-2-3(8-1-9-4)11-5(10-2)13-7/h1-2H,6-7H2,(H2,8,9,10,11,12,13). The summed E-state index contributed by atoms with van der Waals surface area (Å²) in [5, 5.41) is 0. The Labute approximate surface area is 73.5 Å². The van der Waals surface area contributed by atoms with Crippen LogP contribution in [-0.2, 0) is 0 Å². The van der Waals surface area contributed by atoms with E-state index in [1.807, 2.05) is 0 Å². The number of hydrogen-bond donors (Lipinski definition) is 4. The second-order valence-electron chi connectivity index (χ2n) is 2.37. The summed E-state index contributed by atoms with van der Waals surface area (Å²) in [7, 11) is 0. The van der Waals surface area contributed by atoms with Crippen molar-refractivity contribution in [1.29, 1.82) is 0 Å². The van der Waals surface area contributed by atoms with Crippen LogP contribution in [0.5, 0.6) is 0 Å². The Bertz CT molecular complexity index is 336. The van der Waals surface area contributed by atoms with Gasteiger partial charge in [-0.1, -0.05) is 0 Å². The van der Waals surface area contributed by atoms with Crippen LogP contribution in [0.25, 0.3) is 0 Å². The van der Waals surface area contributed by atoms with Crippen molar-refractivity contribution < 1.29 is 0 Å². The van der Waals surface area contributed by atoms with Gasteiger partial charge in [0.25, 0.3) is 0 Å². The van der Waals surface area contributed by atoms with E-state index in [1.165, 1.54) is 6.34 Å². The Hall–Kier alpha value is -1.80. The molecule has 2 aliphatic rings. The van der Waals surface area contributed by atoms with E-state index in [4.69, 9.17) is 11.7 Å². The van der Waals surface area contributed by atoms with Crippen LogP contribution in [0.1, 0.15) is 0 Å². The lowest BCUT2D eigenvalue weighted by molar-refractivity contribution is 0.941. The first-order valence-electron chi connectivity index (χ1n) is 3.55. The van der Waals surface area contributed by atoms with E-state index in [1.54, 1.807) is 0 Å². The number of aliphatic imine (C=N–C) groups is 4. The Morgan fingerprint density at radius 3 is 2.85 bits per heavy atom. The van der Waals surface area contributed by atoms with Gasteiger partial charge < -0.3 is 5.43 Å². The first kappa shape index (κ1) is 7.83. The first-order chi connectivity index (χ1) is 6.35. The van der Waals surface area contributed by atoms with E-state index in [9.17, 15) is 0 Å². The summed E-state index contributed by atoms with van der Waals surface area (Å²) in [4.78, 5) is 15.9. The second-order valence-corrected chi connectivity index (χ2v) is 2.37. The lowest BCUT2D eigenvalue weighted by Gasteiger charge is -2.11. The molecule has 1 atom stereocenters. The molecule has 0 radical (unpaired) electrons. The molecule has 0 aromatic carbocycles. The fourth-order valence-electron chi connectivity index (χ4n) is 1.07. The topological polar surface area (TPSA) is 126 Å². The number of fused-ring (bicyclic) bond motifs is 1.